The van der Waals surface area contributed by atoms with Crippen LogP contribution < -0.4 is 0 Å². The van der Waals surface area contributed by atoms with Gasteiger partial charge >= 0.3 is 37.9 Å². The summed E-state index contributed by atoms with van der Waals surface area (Å²) < 4.78 is 0. The fourth-order valence-electron chi connectivity index (χ4n) is 2.34. The van der Waals surface area contributed by atoms with Gasteiger partial charge in [-0.25, -0.2) is 0 Å². The van der Waals surface area contributed by atoms with Crippen LogP contribution >= 0.6 is 17.0 Å². The molecule has 0 bridgehead atoms. The van der Waals surface area contributed by atoms with Gasteiger partial charge in [-0.05, 0) is 47.9 Å². The van der Waals surface area contributed by atoms with E-state index in [4.69, 9.17) is 17.0 Å². The van der Waals surface area contributed by atoms with Gasteiger partial charge in [-0.3, -0.25) is 0 Å². The molecular formula is C12H12Cl2Zr. The summed E-state index contributed by atoms with van der Waals surface area (Å²) in [6.07, 6.45) is 9.65. The van der Waals surface area contributed by atoms with Crippen LogP contribution in [-0.4, -0.2) is 0 Å². The summed E-state index contributed by atoms with van der Waals surface area (Å²) >= 11 is -0.826. The van der Waals surface area contributed by atoms with Crippen LogP contribution in [0.4, 0.5) is 0 Å². The molecule has 0 radical (unpaired) electrons. The molecule has 0 heterocycles. The van der Waals surface area contributed by atoms with Gasteiger partial charge in [0.25, 0.3) is 0 Å². The van der Waals surface area contributed by atoms with E-state index in [1.807, 2.05) is 0 Å². The zero-order valence-electron chi connectivity index (χ0n) is 8.39. The Kier molecular flexibility index (Phi) is 4.49. The quantitative estimate of drug-likeness (QED) is 0.675. The number of benzene rings is 1. The summed E-state index contributed by atoms with van der Waals surface area (Å²) in [5.74, 6) is 0. The van der Waals surface area contributed by atoms with Crippen molar-refractivity contribution in [3.63, 3.8) is 0 Å². The number of rotatable bonds is 0. The van der Waals surface area contributed by atoms with Crippen LogP contribution in [-0.2, 0) is 40.1 Å². The number of halogens is 2. The number of fused-ring (bicyclic) bond motifs is 2. The van der Waals surface area contributed by atoms with Crippen LogP contribution in [0.15, 0.2) is 18.2 Å². The first-order valence-electron chi connectivity index (χ1n) is 5.12. The van der Waals surface area contributed by atoms with E-state index in [1.165, 1.54) is 30.4 Å². The van der Waals surface area contributed by atoms with E-state index in [9.17, 15) is 0 Å². The molecule has 0 saturated carbocycles. The second-order valence-corrected chi connectivity index (χ2v) is 7.58. The average Bonchev–Trinajstić information content (AvgIpc) is 2.81. The standard InChI is InChI=1S/C12H12.2ClH.Zr/c1-3-9-7-11-5-2-6-12(11)8-10(9)4-1;;;/h1,3,7-8H,2,4-6H2;2*1H;/q;;;+2/p-2. The predicted molar refractivity (Wildman–Crippen MR) is 62.9 cm³/mol. The Labute approximate surface area is 109 Å². The molecule has 15 heavy (non-hydrogen) atoms. The summed E-state index contributed by atoms with van der Waals surface area (Å²) in [5.41, 5.74) is 6.21. The molecule has 0 aromatic heterocycles. The van der Waals surface area contributed by atoms with Crippen molar-refractivity contribution in [2.45, 2.75) is 25.7 Å². The third-order valence-electron chi connectivity index (χ3n) is 2.99. The van der Waals surface area contributed by atoms with Crippen molar-refractivity contribution < 1.29 is 20.8 Å². The van der Waals surface area contributed by atoms with Gasteiger partial charge in [0.2, 0.25) is 0 Å². The van der Waals surface area contributed by atoms with Crippen molar-refractivity contribution in [1.82, 2.24) is 0 Å². The van der Waals surface area contributed by atoms with Gasteiger partial charge in [0.15, 0.2) is 0 Å². The van der Waals surface area contributed by atoms with E-state index in [2.05, 4.69) is 24.3 Å². The van der Waals surface area contributed by atoms with Crippen LogP contribution in [0, 0.1) is 0 Å². The van der Waals surface area contributed by atoms with Crippen molar-refractivity contribution in [3.05, 3.63) is 40.5 Å². The van der Waals surface area contributed by atoms with Crippen molar-refractivity contribution in [3.8, 4) is 0 Å². The third kappa shape index (κ3) is 2.76. The number of hydrogen-bond donors (Lipinski definition) is 0. The molecule has 0 N–H and O–H groups in total. The van der Waals surface area contributed by atoms with E-state index >= 15 is 0 Å². The van der Waals surface area contributed by atoms with E-state index in [0.717, 1.165) is 6.42 Å². The molecule has 3 rings (SSSR count). The Morgan fingerprint density at radius 2 is 1.67 bits per heavy atom. The Bertz CT molecular complexity index is 385. The van der Waals surface area contributed by atoms with Gasteiger partial charge in [-0.15, -0.1) is 0 Å². The first-order chi connectivity index (χ1) is 7.35. The minimum absolute atomic E-state index is 0.826. The Balaban J connectivity index is 0.000000258. The zero-order valence-corrected chi connectivity index (χ0v) is 12.4. The molecule has 0 atom stereocenters. The summed E-state index contributed by atoms with van der Waals surface area (Å²) in [7, 11) is 9.87. The number of allylic oxidation sites excluding steroid dienone is 1. The molecule has 0 aliphatic heterocycles. The molecular weight excluding hydrogens is 306 g/mol. The molecule has 1 aromatic carbocycles. The Morgan fingerprint density at radius 1 is 1.00 bits per heavy atom. The summed E-state index contributed by atoms with van der Waals surface area (Å²) in [4.78, 5) is 0. The predicted octanol–water partition coefficient (Wildman–Crippen LogP) is 4.12. The molecule has 0 spiro atoms. The number of hydrogen-bond acceptors (Lipinski definition) is 0. The summed E-state index contributed by atoms with van der Waals surface area (Å²) in [5, 5.41) is 0. The van der Waals surface area contributed by atoms with Crippen LogP contribution in [0.1, 0.15) is 28.7 Å². The van der Waals surface area contributed by atoms with Gasteiger partial charge in [0.05, 0.1) is 0 Å². The van der Waals surface area contributed by atoms with E-state index in [0.29, 0.717) is 0 Å². The first kappa shape index (κ1) is 11.9. The molecule has 1 aromatic rings. The fourth-order valence-corrected chi connectivity index (χ4v) is 2.34. The van der Waals surface area contributed by atoms with Gasteiger partial charge in [0.1, 0.15) is 0 Å². The van der Waals surface area contributed by atoms with E-state index in [-0.39, 0.29) is 0 Å². The Morgan fingerprint density at radius 3 is 2.40 bits per heavy atom. The normalized spacial score (nSPS) is 15.3. The second kappa shape index (κ2) is 5.66. The van der Waals surface area contributed by atoms with Crippen molar-refractivity contribution in [2.75, 3.05) is 0 Å². The van der Waals surface area contributed by atoms with Crippen LogP contribution in [0.2, 0.25) is 0 Å². The van der Waals surface area contributed by atoms with Crippen molar-refractivity contribution >= 4 is 23.1 Å². The van der Waals surface area contributed by atoms with Gasteiger partial charge < -0.3 is 0 Å². The van der Waals surface area contributed by atoms with Gasteiger partial charge in [-0.2, -0.15) is 0 Å². The maximum absolute atomic E-state index is 4.93. The molecule has 0 saturated heterocycles. The third-order valence-corrected chi connectivity index (χ3v) is 2.99. The monoisotopic (exact) mass is 316 g/mol. The van der Waals surface area contributed by atoms with Crippen molar-refractivity contribution in [1.29, 1.82) is 0 Å². The van der Waals surface area contributed by atoms with Gasteiger partial charge in [-0.1, -0.05) is 24.3 Å². The summed E-state index contributed by atoms with van der Waals surface area (Å²) in [6.45, 7) is 0. The van der Waals surface area contributed by atoms with Crippen LogP contribution in [0.5, 0.6) is 0 Å². The van der Waals surface area contributed by atoms with Crippen LogP contribution in [0.25, 0.3) is 6.08 Å². The molecule has 3 heteroatoms. The second-order valence-electron chi connectivity index (χ2n) is 3.85. The molecule has 0 unspecified atom stereocenters. The van der Waals surface area contributed by atoms with E-state index in [1.54, 1.807) is 11.1 Å². The van der Waals surface area contributed by atoms with Gasteiger partial charge in [0, 0.05) is 0 Å². The Hall–Kier alpha value is 0.423. The molecule has 0 nitrogen and oxygen atoms in total. The average molecular weight is 318 g/mol. The zero-order chi connectivity index (χ0) is 10.7. The molecule has 0 fully saturated rings. The maximum atomic E-state index is 4.93. The summed E-state index contributed by atoms with van der Waals surface area (Å²) in [6, 6.07) is 4.80. The van der Waals surface area contributed by atoms with Crippen molar-refractivity contribution in [2.24, 2.45) is 0 Å². The minimum atomic E-state index is -0.826. The molecule has 78 valence electrons. The first-order valence-corrected chi connectivity index (χ1v) is 11.5. The molecule has 2 aliphatic carbocycles. The molecule has 0 amide bonds. The number of aryl methyl sites for hydroxylation is 2. The molecule has 2 aliphatic rings. The van der Waals surface area contributed by atoms with E-state index < -0.39 is 20.8 Å². The SMILES string of the molecule is C1=Cc2cc3c(cc2C1)CCC3.[Cl][Zr][Cl]. The van der Waals surface area contributed by atoms with Crippen LogP contribution in [0.3, 0.4) is 0 Å². The fraction of sp³-hybridized carbons (Fsp3) is 0.333. The topological polar surface area (TPSA) is 0 Å².